The SMILES string of the molecule is O=P12c3ccccc3-c3cc(-c4ccccc4C4=CC=CCC4)ccc3N1c1ccc(-c3ccccc3-c3ccccc3)cc1-c1ccccc12. The van der Waals surface area contributed by atoms with Gasteiger partial charge in [0, 0.05) is 21.7 Å². The molecule has 7 aromatic carbocycles. The normalized spacial score (nSPS) is 16.6. The third kappa shape index (κ3) is 4.61. The molecule has 0 spiro atoms. The fourth-order valence-corrected chi connectivity index (χ4v) is 11.6. The summed E-state index contributed by atoms with van der Waals surface area (Å²) in [6.07, 6.45) is 8.75. The summed E-state index contributed by atoms with van der Waals surface area (Å²) in [6.45, 7) is 0. The average Bonchev–Trinajstić information content (AvgIpc) is 3.21. The summed E-state index contributed by atoms with van der Waals surface area (Å²) in [7, 11) is -3.31. The van der Waals surface area contributed by atoms with E-state index in [1.54, 1.807) is 0 Å². The van der Waals surface area contributed by atoms with Crippen molar-refractivity contribution in [2.45, 2.75) is 12.8 Å². The Hall–Kier alpha value is -5.95. The van der Waals surface area contributed by atoms with Crippen molar-refractivity contribution in [1.29, 1.82) is 0 Å². The van der Waals surface area contributed by atoms with Gasteiger partial charge in [0.05, 0.1) is 11.4 Å². The Bertz CT molecular complexity index is 2630. The zero-order valence-electron chi connectivity index (χ0n) is 28.0. The molecule has 1 atom stereocenters. The van der Waals surface area contributed by atoms with E-state index in [9.17, 15) is 0 Å². The van der Waals surface area contributed by atoms with Gasteiger partial charge in [-0.2, -0.15) is 0 Å². The van der Waals surface area contributed by atoms with Crippen LogP contribution in [0.15, 0.2) is 182 Å². The van der Waals surface area contributed by atoms with Crippen LogP contribution in [0.2, 0.25) is 0 Å². The van der Waals surface area contributed by atoms with Crippen LogP contribution in [-0.4, -0.2) is 0 Å². The van der Waals surface area contributed by atoms with E-state index < -0.39 is 7.29 Å². The van der Waals surface area contributed by atoms with E-state index in [0.29, 0.717) is 0 Å². The maximum absolute atomic E-state index is 16.1. The second kappa shape index (κ2) is 11.8. The number of hydrogen-bond acceptors (Lipinski definition) is 1. The first-order valence-electron chi connectivity index (χ1n) is 17.7. The van der Waals surface area contributed by atoms with Crippen LogP contribution >= 0.6 is 7.29 Å². The average molecular weight is 672 g/mol. The summed E-state index contributed by atoms with van der Waals surface area (Å²) < 4.78 is 18.3. The van der Waals surface area contributed by atoms with Crippen LogP contribution in [0.4, 0.5) is 11.4 Å². The van der Waals surface area contributed by atoms with Crippen molar-refractivity contribution in [3.05, 3.63) is 188 Å². The van der Waals surface area contributed by atoms with Gasteiger partial charge in [-0.25, -0.2) is 0 Å². The van der Waals surface area contributed by atoms with Crippen molar-refractivity contribution in [2.24, 2.45) is 0 Å². The second-order valence-electron chi connectivity index (χ2n) is 13.5. The van der Waals surface area contributed by atoms with Crippen LogP contribution in [0.25, 0.3) is 61.2 Å². The van der Waals surface area contributed by atoms with Crippen LogP contribution in [0, 0.1) is 0 Å². The first kappa shape index (κ1) is 29.9. The van der Waals surface area contributed by atoms with Crippen LogP contribution in [0.5, 0.6) is 0 Å². The molecule has 51 heavy (non-hydrogen) atoms. The molecular weight excluding hydrogens is 638 g/mol. The Morgan fingerprint density at radius 2 is 0.902 bits per heavy atom. The van der Waals surface area contributed by atoms with E-state index >= 15 is 4.57 Å². The molecule has 2 aliphatic heterocycles. The monoisotopic (exact) mass is 671 g/mol. The molecule has 242 valence electrons. The predicted octanol–water partition coefficient (Wildman–Crippen LogP) is 12.4. The summed E-state index contributed by atoms with van der Waals surface area (Å²) in [5.41, 5.74) is 15.9. The standard InChI is InChI=1S/C48H34NOP/c50-51-47-25-13-11-23-41(47)43-31-35(39-21-9-7-19-37(39)33-15-3-1-4-16-33)27-29-45(43)49(51)46-30-28-36(32-44(46)42-24-12-14-26-48(42)51)40-22-10-8-20-38(40)34-17-5-2-6-18-34/h1-5,7-17,19-32H,6,18H2. The fraction of sp³-hybridized carbons (Fsp3) is 0.0417. The summed E-state index contributed by atoms with van der Waals surface area (Å²) in [6, 6.07) is 58.0. The van der Waals surface area contributed by atoms with Gasteiger partial charge in [-0.05, 0) is 105 Å². The highest BCUT2D eigenvalue weighted by molar-refractivity contribution is 7.81. The Kier molecular flexibility index (Phi) is 6.94. The number of fused-ring (bicyclic) bond motifs is 11. The predicted molar refractivity (Wildman–Crippen MR) is 215 cm³/mol. The van der Waals surface area contributed by atoms with Gasteiger partial charge in [0.15, 0.2) is 0 Å². The van der Waals surface area contributed by atoms with Gasteiger partial charge in [0.2, 0.25) is 7.29 Å². The lowest BCUT2D eigenvalue weighted by Crippen LogP contribution is -2.37. The van der Waals surface area contributed by atoms with E-state index in [0.717, 1.165) is 68.2 Å². The minimum absolute atomic E-state index is 0.885. The Morgan fingerprint density at radius 3 is 1.45 bits per heavy atom. The smallest absolute Gasteiger partial charge is 0.235 e. The molecule has 0 N–H and O–H groups in total. The van der Waals surface area contributed by atoms with Gasteiger partial charge in [-0.1, -0.05) is 146 Å². The van der Waals surface area contributed by atoms with Gasteiger partial charge >= 0.3 is 0 Å². The lowest BCUT2D eigenvalue weighted by atomic mass is 9.88. The molecule has 0 saturated heterocycles. The number of hydrogen-bond donors (Lipinski definition) is 0. The Morgan fingerprint density at radius 1 is 0.431 bits per heavy atom. The third-order valence-corrected chi connectivity index (χ3v) is 13.8. The number of benzene rings is 7. The quantitative estimate of drug-likeness (QED) is 0.174. The highest BCUT2D eigenvalue weighted by Gasteiger charge is 2.47. The minimum atomic E-state index is -3.31. The zero-order valence-corrected chi connectivity index (χ0v) is 28.9. The van der Waals surface area contributed by atoms with Crippen molar-refractivity contribution in [1.82, 2.24) is 0 Å². The summed E-state index contributed by atoms with van der Waals surface area (Å²) in [5.74, 6) is 0. The molecule has 0 saturated carbocycles. The molecule has 3 aliphatic rings. The molecular formula is C48H34NOP. The third-order valence-electron chi connectivity index (χ3n) is 10.7. The van der Waals surface area contributed by atoms with Crippen molar-refractivity contribution in [3.8, 4) is 55.6 Å². The molecule has 0 radical (unpaired) electrons. The van der Waals surface area contributed by atoms with Crippen LogP contribution < -0.4 is 15.3 Å². The van der Waals surface area contributed by atoms with Gasteiger partial charge in [0.25, 0.3) is 0 Å². The topological polar surface area (TPSA) is 20.3 Å². The lowest BCUT2D eigenvalue weighted by Gasteiger charge is -2.44. The molecule has 1 aliphatic carbocycles. The first-order valence-corrected chi connectivity index (χ1v) is 19.3. The summed E-state index contributed by atoms with van der Waals surface area (Å²) in [5, 5.41) is 1.77. The molecule has 1 unspecified atom stereocenters. The second-order valence-corrected chi connectivity index (χ2v) is 16.0. The van der Waals surface area contributed by atoms with Crippen molar-refractivity contribution in [3.63, 3.8) is 0 Å². The molecule has 0 aromatic heterocycles. The Balaban J connectivity index is 1.19. The van der Waals surface area contributed by atoms with E-state index in [4.69, 9.17) is 0 Å². The van der Waals surface area contributed by atoms with Crippen LogP contribution in [-0.2, 0) is 4.57 Å². The largest absolute Gasteiger partial charge is 0.289 e. The maximum atomic E-state index is 16.1. The highest BCUT2D eigenvalue weighted by Crippen LogP contribution is 2.66. The number of allylic oxidation sites excluding steroid dienone is 4. The van der Waals surface area contributed by atoms with E-state index in [-0.39, 0.29) is 0 Å². The zero-order chi connectivity index (χ0) is 33.9. The number of anilines is 2. The van der Waals surface area contributed by atoms with E-state index in [1.807, 2.05) is 12.1 Å². The summed E-state index contributed by atoms with van der Waals surface area (Å²) in [4.78, 5) is 0. The first-order chi connectivity index (χ1) is 25.2. The van der Waals surface area contributed by atoms with Crippen LogP contribution in [0.1, 0.15) is 18.4 Å². The molecule has 0 bridgehead atoms. The maximum Gasteiger partial charge on any atom is 0.235 e. The Labute approximate surface area is 299 Å². The molecule has 7 aromatic rings. The van der Waals surface area contributed by atoms with E-state index in [1.165, 1.54) is 33.4 Å². The van der Waals surface area contributed by atoms with Crippen molar-refractivity contribution in [2.75, 3.05) is 4.67 Å². The molecule has 2 nitrogen and oxygen atoms in total. The summed E-state index contributed by atoms with van der Waals surface area (Å²) >= 11 is 0. The van der Waals surface area contributed by atoms with Gasteiger partial charge < -0.3 is 0 Å². The molecule has 3 heteroatoms. The van der Waals surface area contributed by atoms with Crippen LogP contribution in [0.3, 0.4) is 0 Å². The van der Waals surface area contributed by atoms with Crippen molar-refractivity contribution >= 4 is 34.8 Å². The lowest BCUT2D eigenvalue weighted by molar-refractivity contribution is 0.586. The molecule has 10 rings (SSSR count). The van der Waals surface area contributed by atoms with E-state index in [2.05, 4.69) is 175 Å². The fourth-order valence-electron chi connectivity index (χ4n) is 8.36. The van der Waals surface area contributed by atoms with Crippen molar-refractivity contribution < 1.29 is 4.57 Å². The highest BCUT2D eigenvalue weighted by atomic mass is 31.2. The van der Waals surface area contributed by atoms with Gasteiger partial charge in [0.1, 0.15) is 0 Å². The molecule has 0 fully saturated rings. The number of nitrogens with zero attached hydrogens (tertiary/aromatic N) is 1. The van der Waals surface area contributed by atoms with Gasteiger partial charge in [-0.3, -0.25) is 9.24 Å². The molecule has 2 heterocycles. The molecule has 0 amide bonds. The number of rotatable bonds is 4. The minimum Gasteiger partial charge on any atom is -0.289 e. The van der Waals surface area contributed by atoms with Gasteiger partial charge in [-0.15, -0.1) is 0 Å².